The second kappa shape index (κ2) is 9.81. The van der Waals surface area contributed by atoms with Gasteiger partial charge in [-0.15, -0.1) is 0 Å². The minimum atomic E-state index is -4.48. The van der Waals surface area contributed by atoms with Gasteiger partial charge in [0, 0.05) is 23.7 Å². The van der Waals surface area contributed by atoms with Crippen molar-refractivity contribution in [2.45, 2.75) is 69.1 Å². The zero-order valence-corrected chi connectivity index (χ0v) is 17.6. The number of halogens is 4. The van der Waals surface area contributed by atoms with E-state index in [0.29, 0.717) is 18.4 Å². The lowest BCUT2D eigenvalue weighted by molar-refractivity contribution is -0.141. The van der Waals surface area contributed by atoms with E-state index in [4.69, 9.17) is 10.1 Å². The van der Waals surface area contributed by atoms with Crippen molar-refractivity contribution < 1.29 is 27.2 Å². The number of nitriles is 1. The average molecular weight is 455 g/mol. The first-order valence-corrected chi connectivity index (χ1v) is 10.4. The maximum absolute atomic E-state index is 13.5. The van der Waals surface area contributed by atoms with Crippen LogP contribution >= 0.6 is 0 Å². The van der Waals surface area contributed by atoms with Gasteiger partial charge in [-0.25, -0.2) is 4.39 Å². The Morgan fingerprint density at radius 1 is 1.44 bits per heavy atom. The number of rotatable bonds is 6. The summed E-state index contributed by atoms with van der Waals surface area (Å²) in [5.41, 5.74) is -0.870. The van der Waals surface area contributed by atoms with Crippen molar-refractivity contribution in [1.82, 2.24) is 15.2 Å². The van der Waals surface area contributed by atoms with Crippen molar-refractivity contribution in [2.24, 2.45) is 5.16 Å². The molecule has 1 aliphatic heterocycles. The number of likely N-dealkylation sites (tertiary alicyclic amines) is 1. The molecule has 1 aliphatic carbocycles. The van der Waals surface area contributed by atoms with Gasteiger partial charge in [0.25, 0.3) is 0 Å². The Bertz CT molecular complexity index is 860. The lowest BCUT2D eigenvalue weighted by atomic mass is 9.82. The highest BCUT2D eigenvalue weighted by Crippen LogP contribution is 2.30. The van der Waals surface area contributed by atoms with E-state index >= 15 is 0 Å². The summed E-state index contributed by atoms with van der Waals surface area (Å²) in [6.45, 7) is 1.99. The Hall–Kier alpha value is -2.74. The number of hydrogen-bond acceptors (Lipinski definition) is 6. The summed E-state index contributed by atoms with van der Waals surface area (Å²) in [6.07, 6.45) is -0.545. The van der Waals surface area contributed by atoms with Crippen LogP contribution in [-0.4, -0.2) is 59.0 Å². The van der Waals surface area contributed by atoms with Crippen LogP contribution in [0.25, 0.3) is 0 Å². The summed E-state index contributed by atoms with van der Waals surface area (Å²) in [7, 11) is 0. The second-order valence-electron chi connectivity index (χ2n) is 8.45. The zero-order chi connectivity index (χ0) is 23.4. The van der Waals surface area contributed by atoms with Gasteiger partial charge in [0.1, 0.15) is 24.0 Å². The van der Waals surface area contributed by atoms with Gasteiger partial charge in [0.05, 0.1) is 25.4 Å². The molecule has 0 bridgehead atoms. The van der Waals surface area contributed by atoms with E-state index in [9.17, 15) is 22.4 Å². The van der Waals surface area contributed by atoms with Gasteiger partial charge in [-0.2, -0.15) is 18.4 Å². The molecule has 2 atom stereocenters. The Balaban J connectivity index is 1.42. The highest BCUT2D eigenvalue weighted by atomic mass is 19.4. The van der Waals surface area contributed by atoms with Gasteiger partial charge in [-0.3, -0.25) is 9.78 Å². The molecule has 1 N–H and O–H groups in total. The molecule has 0 spiro atoms. The maximum Gasteiger partial charge on any atom is 0.433 e. The molecular weight excluding hydrogens is 430 g/mol. The van der Waals surface area contributed by atoms with Gasteiger partial charge in [0.15, 0.2) is 0 Å². The molecule has 1 aromatic heterocycles. The van der Waals surface area contributed by atoms with Crippen LogP contribution in [0.4, 0.5) is 17.6 Å². The third-order valence-corrected chi connectivity index (χ3v) is 5.91. The summed E-state index contributed by atoms with van der Waals surface area (Å²) in [6, 6.07) is 3.41. The van der Waals surface area contributed by atoms with Crippen LogP contribution in [0, 0.1) is 11.3 Å². The van der Waals surface area contributed by atoms with Crippen LogP contribution in [0.15, 0.2) is 23.5 Å². The first kappa shape index (κ1) is 23.9. The number of aromatic nitrogens is 1. The molecule has 174 valence electrons. The number of amides is 1. The number of hydrogen-bond donors (Lipinski definition) is 1. The Kier molecular flexibility index (Phi) is 7.33. The normalized spacial score (nSPS) is 28.6. The highest BCUT2D eigenvalue weighted by Gasteiger charge is 2.37. The minimum absolute atomic E-state index is 0.0337. The van der Waals surface area contributed by atoms with Gasteiger partial charge < -0.3 is 15.1 Å². The number of oxime groups is 1. The Morgan fingerprint density at radius 3 is 2.75 bits per heavy atom. The molecule has 0 radical (unpaired) electrons. The molecule has 32 heavy (non-hydrogen) atoms. The molecule has 0 aromatic carbocycles. The Labute approximate surface area is 183 Å². The van der Waals surface area contributed by atoms with E-state index in [0.717, 1.165) is 25.1 Å². The standard InChI is InChI=1S/C21H25F4N5O2/c1-20(28-12-19(31)30-13-15(22)8-16(30)9-26)6-4-17(5-7-20)32-29-11-14-2-3-18(27-10-14)21(23,24)25/h2-3,10-11,15-17,28H,4-8,12-13H2,1H3/b29-11+/t15-,16-,17?,20?/m0/s1. The van der Waals surface area contributed by atoms with Gasteiger partial charge in [-0.05, 0) is 44.7 Å². The SMILES string of the molecule is CC1(NCC(=O)N2C[C@@H](F)C[C@H]2C#N)CCC(O/N=C/c2ccc(C(F)(F)F)nc2)CC1. The van der Waals surface area contributed by atoms with E-state index in [-0.39, 0.29) is 37.1 Å². The van der Waals surface area contributed by atoms with Crippen LogP contribution in [0.2, 0.25) is 0 Å². The molecule has 2 heterocycles. The predicted molar refractivity (Wildman–Crippen MR) is 107 cm³/mol. The van der Waals surface area contributed by atoms with E-state index in [2.05, 4.69) is 15.5 Å². The molecule has 7 nitrogen and oxygen atoms in total. The maximum atomic E-state index is 13.5. The highest BCUT2D eigenvalue weighted by molar-refractivity contribution is 5.79. The van der Waals surface area contributed by atoms with Crippen molar-refractivity contribution in [2.75, 3.05) is 13.1 Å². The molecule has 1 saturated heterocycles. The zero-order valence-electron chi connectivity index (χ0n) is 17.6. The smallest absolute Gasteiger partial charge is 0.392 e. The van der Waals surface area contributed by atoms with Crippen LogP contribution < -0.4 is 5.32 Å². The largest absolute Gasteiger partial charge is 0.433 e. The number of pyridine rings is 1. The van der Waals surface area contributed by atoms with Crippen molar-refractivity contribution in [3.8, 4) is 6.07 Å². The fraction of sp³-hybridized carbons (Fsp3) is 0.619. The number of carbonyl (C=O) groups is 1. The molecule has 1 amide bonds. The van der Waals surface area contributed by atoms with Crippen LogP contribution in [0.1, 0.15) is 50.3 Å². The molecule has 2 fully saturated rings. The topological polar surface area (TPSA) is 90.6 Å². The number of nitrogens with zero attached hydrogens (tertiary/aromatic N) is 4. The molecule has 2 aliphatic rings. The first-order chi connectivity index (χ1) is 15.1. The van der Waals surface area contributed by atoms with Gasteiger partial charge >= 0.3 is 6.18 Å². The molecular formula is C21H25F4N5O2. The number of carbonyl (C=O) groups excluding carboxylic acids is 1. The minimum Gasteiger partial charge on any atom is -0.392 e. The van der Waals surface area contributed by atoms with Crippen molar-refractivity contribution in [3.05, 3.63) is 29.6 Å². The fourth-order valence-electron chi connectivity index (χ4n) is 3.91. The van der Waals surface area contributed by atoms with Crippen LogP contribution in [0.5, 0.6) is 0 Å². The third-order valence-electron chi connectivity index (χ3n) is 5.91. The van der Waals surface area contributed by atoms with E-state index < -0.39 is 24.1 Å². The summed E-state index contributed by atoms with van der Waals surface area (Å²) >= 11 is 0. The summed E-state index contributed by atoms with van der Waals surface area (Å²) < 4.78 is 51.1. The number of alkyl halides is 4. The fourth-order valence-corrected chi connectivity index (χ4v) is 3.91. The van der Waals surface area contributed by atoms with E-state index in [1.807, 2.05) is 13.0 Å². The summed E-state index contributed by atoms with van der Waals surface area (Å²) in [5.74, 6) is -0.286. The first-order valence-electron chi connectivity index (χ1n) is 10.4. The van der Waals surface area contributed by atoms with Crippen molar-refractivity contribution in [3.63, 3.8) is 0 Å². The second-order valence-corrected chi connectivity index (χ2v) is 8.45. The summed E-state index contributed by atoms with van der Waals surface area (Å²) in [5, 5.41) is 16.2. The number of nitrogens with one attached hydrogen (secondary N) is 1. The van der Waals surface area contributed by atoms with Gasteiger partial charge in [-0.1, -0.05) is 5.16 Å². The van der Waals surface area contributed by atoms with Crippen LogP contribution in [0.3, 0.4) is 0 Å². The molecule has 3 rings (SSSR count). The molecule has 1 saturated carbocycles. The van der Waals surface area contributed by atoms with Crippen LogP contribution in [-0.2, 0) is 15.8 Å². The predicted octanol–water partition coefficient (Wildman–Crippen LogP) is 3.20. The molecule has 11 heteroatoms. The average Bonchev–Trinajstić information content (AvgIpc) is 3.14. The van der Waals surface area contributed by atoms with E-state index in [1.165, 1.54) is 17.2 Å². The Morgan fingerprint density at radius 2 is 2.16 bits per heavy atom. The lowest BCUT2D eigenvalue weighted by Crippen LogP contribution is -2.51. The molecule has 1 aromatic rings. The lowest BCUT2D eigenvalue weighted by Gasteiger charge is -2.37. The quantitative estimate of drug-likeness (QED) is 0.404. The molecule has 0 unspecified atom stereocenters. The third kappa shape index (κ3) is 6.16. The summed E-state index contributed by atoms with van der Waals surface area (Å²) in [4.78, 5) is 22.5. The van der Waals surface area contributed by atoms with Gasteiger partial charge in [0.2, 0.25) is 5.91 Å². The van der Waals surface area contributed by atoms with E-state index in [1.54, 1.807) is 0 Å². The monoisotopic (exact) mass is 455 g/mol. The van der Waals surface area contributed by atoms with Crippen molar-refractivity contribution in [1.29, 1.82) is 5.26 Å². The van der Waals surface area contributed by atoms with Crippen molar-refractivity contribution >= 4 is 12.1 Å².